The van der Waals surface area contributed by atoms with Crippen LogP contribution in [0.1, 0.15) is 36.4 Å². The summed E-state index contributed by atoms with van der Waals surface area (Å²) in [4.78, 5) is 26.0. The summed E-state index contributed by atoms with van der Waals surface area (Å²) < 4.78 is 1.90. The molecule has 6 nitrogen and oxygen atoms in total. The number of carbonyl (C=O) groups excluding carboxylic acids is 2. The second kappa shape index (κ2) is 6.94. The van der Waals surface area contributed by atoms with Gasteiger partial charge in [0.25, 0.3) is 0 Å². The molecule has 2 aliphatic rings. The van der Waals surface area contributed by atoms with Gasteiger partial charge >= 0.3 is 0 Å². The second-order valence-corrected chi connectivity index (χ2v) is 7.39. The summed E-state index contributed by atoms with van der Waals surface area (Å²) >= 11 is 0. The van der Waals surface area contributed by atoms with Crippen molar-refractivity contribution >= 4 is 11.8 Å². The molecule has 1 aromatic heterocycles. The van der Waals surface area contributed by atoms with Crippen LogP contribution in [0, 0.1) is 11.8 Å². The molecule has 4 rings (SSSR count). The van der Waals surface area contributed by atoms with Gasteiger partial charge in [-0.2, -0.15) is 5.10 Å². The number of nitrogens with zero attached hydrogens (tertiary/aromatic N) is 3. The van der Waals surface area contributed by atoms with E-state index in [4.69, 9.17) is 0 Å². The Balaban J connectivity index is 1.46. The number of carbonyl (C=O) groups is 2. The molecule has 0 radical (unpaired) electrons. The van der Waals surface area contributed by atoms with Gasteiger partial charge in [-0.1, -0.05) is 30.3 Å². The molecular weight excluding hydrogens is 328 g/mol. The highest BCUT2D eigenvalue weighted by Crippen LogP contribution is 2.37. The Morgan fingerprint density at radius 1 is 1.27 bits per heavy atom. The number of benzene rings is 1. The van der Waals surface area contributed by atoms with Crippen molar-refractivity contribution in [3.8, 4) is 0 Å². The van der Waals surface area contributed by atoms with Gasteiger partial charge in [0.2, 0.25) is 11.8 Å². The number of rotatable bonds is 6. The number of nitrogens with one attached hydrogen (secondary N) is 1. The number of hydrogen-bond acceptors (Lipinski definition) is 3. The molecule has 136 valence electrons. The van der Waals surface area contributed by atoms with Gasteiger partial charge in [-0.15, -0.1) is 0 Å². The fraction of sp³-hybridized carbons (Fsp3) is 0.450. The monoisotopic (exact) mass is 352 g/mol. The Hall–Kier alpha value is -2.63. The molecule has 2 atom stereocenters. The van der Waals surface area contributed by atoms with E-state index < -0.39 is 0 Å². The topological polar surface area (TPSA) is 67.2 Å². The predicted molar refractivity (Wildman–Crippen MR) is 97.1 cm³/mol. The number of aromatic nitrogens is 2. The molecule has 1 saturated carbocycles. The SMILES string of the molecule is CN1C(=O)C[C@@H](CNC(=O)C2CC2)[C@@H]1c1cnn(Cc2ccccc2)c1. The zero-order valence-electron chi connectivity index (χ0n) is 15.0. The van der Waals surface area contributed by atoms with Crippen LogP contribution < -0.4 is 5.32 Å². The minimum atomic E-state index is -0.0356. The number of hydrogen-bond donors (Lipinski definition) is 1. The van der Waals surface area contributed by atoms with Crippen molar-refractivity contribution in [3.05, 3.63) is 53.9 Å². The summed E-state index contributed by atoms with van der Waals surface area (Å²) in [6, 6.07) is 10.1. The molecule has 1 saturated heterocycles. The van der Waals surface area contributed by atoms with Crippen LogP contribution in [0.25, 0.3) is 0 Å². The fourth-order valence-corrected chi connectivity index (χ4v) is 3.74. The van der Waals surface area contributed by atoms with Gasteiger partial charge in [0.05, 0.1) is 18.8 Å². The van der Waals surface area contributed by atoms with E-state index in [9.17, 15) is 9.59 Å². The molecule has 2 heterocycles. The van der Waals surface area contributed by atoms with Gasteiger partial charge in [-0.3, -0.25) is 14.3 Å². The molecule has 0 bridgehead atoms. The van der Waals surface area contributed by atoms with E-state index in [2.05, 4.69) is 22.5 Å². The first-order valence-corrected chi connectivity index (χ1v) is 9.21. The Bertz CT molecular complexity index is 797. The Morgan fingerprint density at radius 3 is 2.77 bits per heavy atom. The molecule has 2 aromatic rings. The maximum Gasteiger partial charge on any atom is 0.223 e. The first-order chi connectivity index (χ1) is 12.6. The van der Waals surface area contributed by atoms with Crippen LogP contribution in [0.4, 0.5) is 0 Å². The predicted octanol–water partition coefficient (Wildman–Crippen LogP) is 1.98. The molecule has 0 unspecified atom stereocenters. The third-order valence-corrected chi connectivity index (χ3v) is 5.36. The largest absolute Gasteiger partial charge is 0.355 e. The maximum absolute atomic E-state index is 12.2. The normalized spacial score (nSPS) is 22.7. The molecular formula is C20H24N4O2. The van der Waals surface area contributed by atoms with E-state index >= 15 is 0 Å². The van der Waals surface area contributed by atoms with Gasteiger partial charge in [0.1, 0.15) is 0 Å². The number of amides is 2. The average molecular weight is 352 g/mol. The van der Waals surface area contributed by atoms with Crippen LogP contribution >= 0.6 is 0 Å². The Morgan fingerprint density at radius 2 is 2.04 bits per heavy atom. The van der Waals surface area contributed by atoms with Gasteiger partial charge < -0.3 is 10.2 Å². The summed E-state index contributed by atoms with van der Waals surface area (Å²) in [6.45, 7) is 1.24. The average Bonchev–Trinajstić information content (AvgIpc) is 3.34. The van der Waals surface area contributed by atoms with Gasteiger partial charge in [0.15, 0.2) is 0 Å². The summed E-state index contributed by atoms with van der Waals surface area (Å²) in [5, 5.41) is 7.50. The van der Waals surface area contributed by atoms with Crippen LogP contribution in [-0.2, 0) is 16.1 Å². The van der Waals surface area contributed by atoms with E-state index in [0.717, 1.165) is 18.4 Å². The quantitative estimate of drug-likeness (QED) is 0.864. The van der Waals surface area contributed by atoms with Gasteiger partial charge in [0, 0.05) is 43.6 Å². The standard InChI is InChI=1S/C20H24N4O2/c1-23-18(25)9-16(10-21-20(26)15-7-8-15)19(23)17-11-22-24(13-17)12-14-5-3-2-4-6-14/h2-6,11,13,15-16,19H,7-10,12H2,1H3,(H,21,26)/t16-,19+/m0/s1. The molecule has 1 N–H and O–H groups in total. The van der Waals surface area contributed by atoms with Crippen molar-refractivity contribution in [2.75, 3.05) is 13.6 Å². The lowest BCUT2D eigenvalue weighted by atomic mass is 9.95. The lowest BCUT2D eigenvalue weighted by Crippen LogP contribution is -2.33. The first-order valence-electron chi connectivity index (χ1n) is 9.21. The summed E-state index contributed by atoms with van der Waals surface area (Å²) in [5.41, 5.74) is 2.21. The first kappa shape index (κ1) is 16.8. The zero-order chi connectivity index (χ0) is 18.1. The Kier molecular flexibility index (Phi) is 4.49. The minimum Gasteiger partial charge on any atom is -0.355 e. The highest BCUT2D eigenvalue weighted by atomic mass is 16.2. The lowest BCUT2D eigenvalue weighted by Gasteiger charge is -2.24. The van der Waals surface area contributed by atoms with E-state index in [1.165, 1.54) is 5.56 Å². The van der Waals surface area contributed by atoms with Crippen LogP contribution in [-0.4, -0.2) is 40.1 Å². The van der Waals surface area contributed by atoms with Crippen LogP contribution in [0.5, 0.6) is 0 Å². The molecule has 0 spiro atoms. The van der Waals surface area contributed by atoms with Crippen molar-refractivity contribution in [1.29, 1.82) is 0 Å². The third-order valence-electron chi connectivity index (χ3n) is 5.36. The Labute approximate surface area is 153 Å². The lowest BCUT2D eigenvalue weighted by molar-refractivity contribution is -0.127. The highest BCUT2D eigenvalue weighted by molar-refractivity contribution is 5.82. The van der Waals surface area contributed by atoms with Crippen molar-refractivity contribution in [2.45, 2.75) is 31.8 Å². The highest BCUT2D eigenvalue weighted by Gasteiger charge is 2.40. The van der Waals surface area contributed by atoms with Crippen molar-refractivity contribution in [3.63, 3.8) is 0 Å². The molecule has 26 heavy (non-hydrogen) atoms. The second-order valence-electron chi connectivity index (χ2n) is 7.39. The maximum atomic E-state index is 12.2. The molecule has 6 heteroatoms. The van der Waals surface area contributed by atoms with Crippen molar-refractivity contribution in [2.24, 2.45) is 11.8 Å². The van der Waals surface area contributed by atoms with E-state index in [0.29, 0.717) is 19.5 Å². The van der Waals surface area contributed by atoms with Crippen LogP contribution in [0.2, 0.25) is 0 Å². The summed E-state index contributed by atoms with van der Waals surface area (Å²) in [6.07, 6.45) is 6.31. The van der Waals surface area contributed by atoms with Crippen molar-refractivity contribution in [1.82, 2.24) is 20.0 Å². The third kappa shape index (κ3) is 3.49. The molecule has 2 fully saturated rings. The zero-order valence-corrected chi connectivity index (χ0v) is 15.0. The van der Waals surface area contributed by atoms with Gasteiger partial charge in [-0.05, 0) is 18.4 Å². The summed E-state index contributed by atoms with van der Waals surface area (Å²) in [5.74, 6) is 0.531. The number of likely N-dealkylation sites (tertiary alicyclic amines) is 1. The molecule has 1 aromatic carbocycles. The van der Waals surface area contributed by atoms with E-state index in [-0.39, 0.29) is 29.7 Å². The van der Waals surface area contributed by atoms with Crippen LogP contribution in [0.3, 0.4) is 0 Å². The van der Waals surface area contributed by atoms with Crippen molar-refractivity contribution < 1.29 is 9.59 Å². The van der Waals surface area contributed by atoms with E-state index in [1.54, 1.807) is 4.90 Å². The minimum absolute atomic E-state index is 0.0356. The fourth-order valence-electron chi connectivity index (χ4n) is 3.74. The van der Waals surface area contributed by atoms with Crippen LogP contribution in [0.15, 0.2) is 42.7 Å². The smallest absolute Gasteiger partial charge is 0.223 e. The van der Waals surface area contributed by atoms with E-state index in [1.807, 2.05) is 42.3 Å². The van der Waals surface area contributed by atoms with Gasteiger partial charge in [-0.25, -0.2) is 0 Å². The molecule has 1 aliphatic heterocycles. The summed E-state index contributed by atoms with van der Waals surface area (Å²) in [7, 11) is 1.84. The molecule has 1 aliphatic carbocycles. The molecule has 2 amide bonds.